The predicted octanol–water partition coefficient (Wildman–Crippen LogP) is 4.12. The quantitative estimate of drug-likeness (QED) is 0.633. The number of hydrogen-bond donors (Lipinski definition) is 0. The molecule has 0 radical (unpaired) electrons. The highest BCUT2D eigenvalue weighted by atomic mass is 14.3. The summed E-state index contributed by atoms with van der Waals surface area (Å²) in [7, 11) is 0. The lowest BCUT2D eigenvalue weighted by Crippen LogP contribution is -2.22. The van der Waals surface area contributed by atoms with E-state index in [-0.39, 0.29) is 5.41 Å². The standard InChI is InChI=1S/C18H20/c1-5-14(2)16-9-6-8-15(3)18(4)13-7-10-17(18)12-11-16/h7,9-10,13-15H,5H2,1-4H3/b16-9+. The van der Waals surface area contributed by atoms with Crippen LogP contribution in [0.4, 0.5) is 0 Å². The van der Waals surface area contributed by atoms with Crippen molar-refractivity contribution in [3.63, 3.8) is 0 Å². The van der Waals surface area contributed by atoms with Gasteiger partial charge in [0.05, 0.1) is 0 Å². The zero-order chi connectivity index (χ0) is 13.2. The van der Waals surface area contributed by atoms with Gasteiger partial charge in [0.1, 0.15) is 0 Å². The molecule has 0 aromatic rings. The van der Waals surface area contributed by atoms with Gasteiger partial charge in [-0.15, -0.1) is 0 Å². The minimum Gasteiger partial charge on any atom is -0.0941 e. The molecule has 0 heterocycles. The Hall–Kier alpha value is -1.66. The fraction of sp³-hybridized carbons (Fsp3) is 0.444. The van der Waals surface area contributed by atoms with Gasteiger partial charge in [0.2, 0.25) is 0 Å². The summed E-state index contributed by atoms with van der Waals surface area (Å²) in [5, 5.41) is 0. The lowest BCUT2D eigenvalue weighted by atomic mass is 9.74. The second kappa shape index (κ2) is 4.91. The summed E-state index contributed by atoms with van der Waals surface area (Å²) in [4.78, 5) is 0. The first-order valence-corrected chi connectivity index (χ1v) is 6.71. The normalized spacial score (nSPS) is 33.2. The zero-order valence-electron chi connectivity index (χ0n) is 11.7. The van der Waals surface area contributed by atoms with Crippen molar-refractivity contribution in [1.29, 1.82) is 0 Å². The van der Waals surface area contributed by atoms with Crippen molar-refractivity contribution in [2.75, 3.05) is 0 Å². The van der Waals surface area contributed by atoms with Gasteiger partial charge in [-0.1, -0.05) is 63.5 Å². The van der Waals surface area contributed by atoms with Crippen LogP contribution in [0.3, 0.4) is 0 Å². The van der Waals surface area contributed by atoms with Gasteiger partial charge in [0, 0.05) is 22.5 Å². The minimum absolute atomic E-state index is 0.0151. The smallest absolute Gasteiger partial charge is 0.0321 e. The van der Waals surface area contributed by atoms with Crippen LogP contribution in [-0.2, 0) is 0 Å². The van der Waals surface area contributed by atoms with Crippen LogP contribution in [0.15, 0.2) is 35.5 Å². The molecule has 0 aliphatic heterocycles. The van der Waals surface area contributed by atoms with E-state index in [1.54, 1.807) is 0 Å². The Morgan fingerprint density at radius 1 is 1.39 bits per heavy atom. The van der Waals surface area contributed by atoms with Crippen molar-refractivity contribution in [3.05, 3.63) is 35.5 Å². The van der Waals surface area contributed by atoms with Gasteiger partial charge < -0.3 is 0 Å². The van der Waals surface area contributed by atoms with Crippen LogP contribution in [0.25, 0.3) is 0 Å². The highest BCUT2D eigenvalue weighted by Crippen LogP contribution is 2.40. The molecule has 0 spiro atoms. The lowest BCUT2D eigenvalue weighted by Gasteiger charge is -2.27. The Labute approximate surface area is 111 Å². The third-order valence-electron chi connectivity index (χ3n) is 4.20. The second-order valence-corrected chi connectivity index (χ2v) is 5.39. The highest BCUT2D eigenvalue weighted by Gasteiger charge is 2.33. The largest absolute Gasteiger partial charge is 0.0941 e. The van der Waals surface area contributed by atoms with E-state index in [2.05, 4.69) is 69.6 Å². The van der Waals surface area contributed by atoms with Crippen LogP contribution in [0, 0.1) is 40.9 Å². The highest BCUT2D eigenvalue weighted by molar-refractivity contribution is 5.52. The van der Waals surface area contributed by atoms with Gasteiger partial charge in [-0.3, -0.25) is 0 Å². The predicted molar refractivity (Wildman–Crippen MR) is 77.6 cm³/mol. The van der Waals surface area contributed by atoms with Gasteiger partial charge in [0.15, 0.2) is 0 Å². The minimum atomic E-state index is -0.0151. The molecule has 2 aliphatic rings. The van der Waals surface area contributed by atoms with Crippen LogP contribution in [-0.4, -0.2) is 0 Å². The molecule has 0 saturated carbocycles. The fourth-order valence-corrected chi connectivity index (χ4v) is 2.22. The summed E-state index contributed by atoms with van der Waals surface area (Å²) in [6.45, 7) is 8.81. The third-order valence-corrected chi connectivity index (χ3v) is 4.20. The summed E-state index contributed by atoms with van der Waals surface area (Å²) in [6.07, 6.45) is 9.57. The first kappa shape index (κ1) is 12.8. The molecule has 0 fully saturated rings. The van der Waals surface area contributed by atoms with E-state index in [0.29, 0.717) is 11.8 Å². The molecule has 92 valence electrons. The Morgan fingerprint density at radius 2 is 2.17 bits per heavy atom. The van der Waals surface area contributed by atoms with E-state index in [9.17, 15) is 0 Å². The lowest BCUT2D eigenvalue weighted by molar-refractivity contribution is 0.427. The number of hydrogen-bond acceptors (Lipinski definition) is 0. The average molecular weight is 236 g/mol. The van der Waals surface area contributed by atoms with E-state index in [4.69, 9.17) is 0 Å². The number of allylic oxidation sites excluding steroid dienone is 6. The maximum Gasteiger partial charge on any atom is 0.0321 e. The van der Waals surface area contributed by atoms with Crippen LogP contribution in [0.1, 0.15) is 34.1 Å². The van der Waals surface area contributed by atoms with Crippen molar-refractivity contribution in [3.8, 4) is 23.7 Å². The fourth-order valence-electron chi connectivity index (χ4n) is 2.22. The van der Waals surface area contributed by atoms with Crippen molar-refractivity contribution < 1.29 is 0 Å². The molecule has 0 heteroatoms. The van der Waals surface area contributed by atoms with Crippen molar-refractivity contribution in [1.82, 2.24) is 0 Å². The van der Waals surface area contributed by atoms with Crippen molar-refractivity contribution in [2.24, 2.45) is 17.3 Å². The molecular formula is C18H20. The summed E-state index contributed by atoms with van der Waals surface area (Å²) < 4.78 is 0. The topological polar surface area (TPSA) is 0 Å². The van der Waals surface area contributed by atoms with Crippen LogP contribution in [0.5, 0.6) is 0 Å². The summed E-state index contributed by atoms with van der Waals surface area (Å²) in [5.41, 5.74) is 2.34. The van der Waals surface area contributed by atoms with E-state index in [1.807, 2.05) is 6.08 Å². The first-order valence-electron chi connectivity index (χ1n) is 6.71. The second-order valence-electron chi connectivity index (χ2n) is 5.39. The molecular weight excluding hydrogens is 216 g/mol. The van der Waals surface area contributed by atoms with E-state index in [0.717, 1.165) is 12.0 Å². The van der Waals surface area contributed by atoms with Crippen LogP contribution in [0.2, 0.25) is 0 Å². The molecule has 2 rings (SSSR count). The van der Waals surface area contributed by atoms with Gasteiger partial charge in [-0.05, 0) is 24.5 Å². The summed E-state index contributed by atoms with van der Waals surface area (Å²) in [5.74, 6) is 14.0. The van der Waals surface area contributed by atoms with E-state index >= 15 is 0 Å². The van der Waals surface area contributed by atoms with Crippen LogP contribution < -0.4 is 0 Å². The summed E-state index contributed by atoms with van der Waals surface area (Å²) in [6, 6.07) is 0. The molecule has 0 bridgehead atoms. The molecule has 18 heavy (non-hydrogen) atoms. The Kier molecular flexibility index (Phi) is 3.49. The molecule has 3 unspecified atom stereocenters. The van der Waals surface area contributed by atoms with Crippen molar-refractivity contribution in [2.45, 2.75) is 34.1 Å². The van der Waals surface area contributed by atoms with Crippen molar-refractivity contribution >= 4 is 0 Å². The van der Waals surface area contributed by atoms with Gasteiger partial charge in [-0.2, -0.15) is 0 Å². The molecule has 3 atom stereocenters. The summed E-state index contributed by atoms with van der Waals surface area (Å²) >= 11 is 0. The van der Waals surface area contributed by atoms with E-state index in [1.165, 1.54) is 5.57 Å². The molecule has 0 N–H and O–H groups in total. The molecule has 0 nitrogen and oxygen atoms in total. The molecule has 2 aliphatic carbocycles. The monoisotopic (exact) mass is 236 g/mol. The van der Waals surface area contributed by atoms with Gasteiger partial charge in [-0.25, -0.2) is 0 Å². The molecule has 0 aromatic heterocycles. The third kappa shape index (κ3) is 2.16. The molecule has 0 saturated heterocycles. The Morgan fingerprint density at radius 3 is 2.89 bits per heavy atom. The van der Waals surface area contributed by atoms with Crippen LogP contribution >= 0.6 is 0 Å². The SMILES string of the molecule is CCC(C)/C1=C/C#CC(C)C2(C)C=CC=C2C#C1. The molecule has 0 aromatic carbocycles. The maximum atomic E-state index is 3.36. The zero-order valence-corrected chi connectivity index (χ0v) is 11.7. The van der Waals surface area contributed by atoms with E-state index < -0.39 is 0 Å². The first-order chi connectivity index (χ1) is 8.58. The maximum absolute atomic E-state index is 3.36. The average Bonchev–Trinajstić information content (AvgIpc) is 2.75. The van der Waals surface area contributed by atoms with Gasteiger partial charge in [0.25, 0.3) is 0 Å². The molecule has 0 amide bonds. The van der Waals surface area contributed by atoms with Gasteiger partial charge >= 0.3 is 0 Å². The Bertz CT molecular complexity index is 548. The number of fused-ring (bicyclic) bond motifs is 1. The Balaban J connectivity index is 2.45. The number of rotatable bonds is 2.